The largest absolute Gasteiger partial charge is 0.490 e. The van der Waals surface area contributed by atoms with E-state index in [9.17, 15) is 18.0 Å². The SMILES string of the molecule is C[C@@H]1[C@@H](C)C/C=C(\F)[C@H](C(=O)N(C)Cc2ncnn2C)N2CCC[C@H]2N2C[C@@]3(CCCc4cc(Cl)ccc43)COc3ccc(cc32)C(=O)NS1(=O)=O. The predicted octanol–water partition coefficient (Wildman–Crippen LogP) is 4.73. The zero-order valence-corrected chi connectivity index (χ0v) is 31.5. The van der Waals surface area contributed by atoms with Crippen LogP contribution in [0, 0.1) is 5.92 Å². The van der Waals surface area contributed by atoms with Crippen LogP contribution in [0.15, 0.2) is 54.6 Å². The fraction of sp³-hybridized carbons (Fsp3) is 0.514. The number of sulfonamides is 1. The lowest BCUT2D eigenvalue weighted by atomic mass is 9.70. The lowest BCUT2D eigenvalue weighted by Crippen LogP contribution is -2.57. The molecule has 3 aliphatic heterocycles. The summed E-state index contributed by atoms with van der Waals surface area (Å²) in [5, 5.41) is 3.75. The van der Waals surface area contributed by atoms with Gasteiger partial charge < -0.3 is 14.5 Å². The van der Waals surface area contributed by atoms with Gasteiger partial charge in [-0.2, -0.15) is 5.10 Å². The van der Waals surface area contributed by atoms with Crippen LogP contribution in [0.1, 0.15) is 73.3 Å². The van der Waals surface area contributed by atoms with Gasteiger partial charge in [-0.3, -0.25) is 19.2 Å². The van der Waals surface area contributed by atoms with Crippen molar-refractivity contribution in [3.8, 4) is 5.75 Å². The summed E-state index contributed by atoms with van der Waals surface area (Å²) in [5.74, 6) is -1.36. The Hall–Kier alpha value is -4.01. The molecule has 5 atom stereocenters. The van der Waals surface area contributed by atoms with Crippen LogP contribution in [-0.2, 0) is 40.2 Å². The number of allylic oxidation sites excluding steroid dienone is 1. The zero-order chi connectivity index (χ0) is 36.9. The molecule has 7 rings (SSSR count). The van der Waals surface area contributed by atoms with Crippen molar-refractivity contribution in [1.29, 1.82) is 0 Å². The van der Waals surface area contributed by atoms with Crippen LogP contribution in [0.2, 0.25) is 5.02 Å². The molecule has 4 aliphatic rings. The van der Waals surface area contributed by atoms with Crippen LogP contribution >= 0.6 is 11.6 Å². The van der Waals surface area contributed by atoms with Crippen molar-refractivity contribution >= 4 is 39.1 Å². The van der Waals surface area contributed by atoms with Crippen LogP contribution in [-0.4, -0.2) is 89.0 Å². The van der Waals surface area contributed by atoms with E-state index in [0.717, 1.165) is 30.4 Å². The van der Waals surface area contributed by atoms with Crippen molar-refractivity contribution < 1.29 is 27.1 Å². The van der Waals surface area contributed by atoms with Crippen LogP contribution < -0.4 is 14.4 Å². The number of amides is 2. The summed E-state index contributed by atoms with van der Waals surface area (Å²) in [6.45, 7) is 4.55. The molecule has 1 N–H and O–H groups in total. The smallest absolute Gasteiger partial charge is 0.264 e. The number of nitrogens with one attached hydrogen (secondary N) is 1. The summed E-state index contributed by atoms with van der Waals surface area (Å²) < 4.78 is 54.3. The van der Waals surface area contributed by atoms with Crippen molar-refractivity contribution in [2.45, 2.75) is 81.8 Å². The Kier molecular flexibility index (Phi) is 9.85. The zero-order valence-electron chi connectivity index (χ0n) is 29.9. The molecule has 15 heteroatoms. The number of fused-ring (bicyclic) bond motifs is 5. The number of aryl methyl sites for hydroxylation is 2. The number of aromatic nitrogens is 3. The fourth-order valence-corrected chi connectivity index (χ4v) is 9.75. The Bertz CT molecular complexity index is 2020. The normalized spacial score (nSPS) is 28.6. The predicted molar refractivity (Wildman–Crippen MR) is 195 cm³/mol. The number of hydrogen-bond acceptors (Lipinski definition) is 9. The van der Waals surface area contributed by atoms with Crippen molar-refractivity contribution in [1.82, 2.24) is 29.3 Å². The van der Waals surface area contributed by atoms with Gasteiger partial charge in [-0.15, -0.1) is 0 Å². The Balaban J connectivity index is 1.38. The van der Waals surface area contributed by atoms with Gasteiger partial charge in [-0.05, 0) is 92.8 Å². The highest BCUT2D eigenvalue weighted by Crippen LogP contribution is 2.47. The average Bonchev–Trinajstić information content (AvgIpc) is 3.72. The van der Waals surface area contributed by atoms with Gasteiger partial charge in [0.15, 0.2) is 0 Å². The van der Waals surface area contributed by atoms with E-state index in [4.69, 9.17) is 16.3 Å². The monoisotopic (exact) mass is 753 g/mol. The molecule has 0 unspecified atom stereocenters. The lowest BCUT2D eigenvalue weighted by Gasteiger charge is -2.45. The molecular formula is C37H45ClFN7O5S. The molecule has 2 aromatic carbocycles. The molecular weight excluding hydrogens is 709 g/mol. The van der Waals surface area contributed by atoms with E-state index in [2.05, 4.69) is 25.8 Å². The van der Waals surface area contributed by atoms with E-state index >= 15 is 4.39 Å². The molecule has 2 amide bonds. The van der Waals surface area contributed by atoms with Crippen LogP contribution in [0.25, 0.3) is 0 Å². The molecule has 0 saturated carbocycles. The van der Waals surface area contributed by atoms with Gasteiger partial charge in [-0.25, -0.2) is 22.5 Å². The van der Waals surface area contributed by atoms with E-state index in [1.807, 2.05) is 17.0 Å². The van der Waals surface area contributed by atoms with Crippen molar-refractivity contribution in [3.63, 3.8) is 0 Å². The highest BCUT2D eigenvalue weighted by molar-refractivity contribution is 7.90. The second-order valence-electron chi connectivity index (χ2n) is 14.8. The highest BCUT2D eigenvalue weighted by atomic mass is 35.5. The van der Waals surface area contributed by atoms with Crippen molar-refractivity contribution in [3.05, 3.63) is 82.2 Å². The first-order valence-corrected chi connectivity index (χ1v) is 19.8. The number of carbonyl (C=O) groups is 2. The van der Waals surface area contributed by atoms with Gasteiger partial charge in [0.2, 0.25) is 15.9 Å². The molecule has 0 radical (unpaired) electrons. The molecule has 1 aliphatic carbocycles. The lowest BCUT2D eigenvalue weighted by molar-refractivity contribution is -0.136. The topological polar surface area (TPSA) is 130 Å². The number of carbonyl (C=O) groups excluding carboxylic acids is 2. The molecule has 2 bridgehead atoms. The van der Waals surface area contributed by atoms with E-state index in [1.54, 1.807) is 43.9 Å². The van der Waals surface area contributed by atoms with Crippen molar-refractivity contribution in [2.75, 3.05) is 31.6 Å². The van der Waals surface area contributed by atoms with Crippen LogP contribution in [0.3, 0.4) is 0 Å². The van der Waals surface area contributed by atoms with Gasteiger partial charge in [0.25, 0.3) is 5.91 Å². The summed E-state index contributed by atoms with van der Waals surface area (Å²) in [5.41, 5.74) is 2.53. The Labute approximate surface area is 309 Å². The minimum absolute atomic E-state index is 0.0370. The van der Waals surface area contributed by atoms with Gasteiger partial charge >= 0.3 is 0 Å². The van der Waals surface area contributed by atoms with Gasteiger partial charge in [0, 0.05) is 43.2 Å². The molecule has 278 valence electrons. The number of halogens is 2. The van der Waals surface area contributed by atoms with E-state index in [0.29, 0.717) is 54.8 Å². The third kappa shape index (κ3) is 6.69. The molecule has 4 heterocycles. The second-order valence-corrected chi connectivity index (χ2v) is 17.2. The number of nitrogens with zero attached hydrogens (tertiary/aromatic N) is 6. The molecule has 1 saturated heterocycles. The van der Waals surface area contributed by atoms with Gasteiger partial charge in [-0.1, -0.05) is 30.7 Å². The molecule has 3 aromatic rings. The van der Waals surface area contributed by atoms with E-state index in [1.165, 1.54) is 24.2 Å². The first kappa shape index (κ1) is 36.4. The summed E-state index contributed by atoms with van der Waals surface area (Å²) in [6.07, 6.45) is 6.24. The number of rotatable bonds is 3. The fourth-order valence-electron chi connectivity index (χ4n) is 8.27. The summed E-state index contributed by atoms with van der Waals surface area (Å²) in [4.78, 5) is 38.0. The molecule has 12 nitrogen and oxygen atoms in total. The Morgan fingerprint density at radius 1 is 1.19 bits per heavy atom. The van der Waals surface area contributed by atoms with Gasteiger partial charge in [0.1, 0.15) is 29.8 Å². The van der Waals surface area contributed by atoms with Crippen LogP contribution in [0.5, 0.6) is 5.75 Å². The minimum atomic E-state index is -4.15. The maximum Gasteiger partial charge on any atom is 0.264 e. The first-order valence-electron chi connectivity index (χ1n) is 17.9. The number of ether oxygens (including phenoxy) is 1. The quantitative estimate of drug-likeness (QED) is 0.404. The Morgan fingerprint density at radius 3 is 2.77 bits per heavy atom. The summed E-state index contributed by atoms with van der Waals surface area (Å²) >= 11 is 6.46. The summed E-state index contributed by atoms with van der Waals surface area (Å²) in [7, 11) is -0.787. The summed E-state index contributed by atoms with van der Waals surface area (Å²) in [6, 6.07) is 9.62. The molecule has 52 heavy (non-hydrogen) atoms. The average molecular weight is 754 g/mol. The maximum atomic E-state index is 16.9. The first-order chi connectivity index (χ1) is 24.8. The highest BCUT2D eigenvalue weighted by Gasteiger charge is 2.48. The number of likely N-dealkylation sites (N-methyl/N-ethyl adjacent to an activating group) is 1. The van der Waals surface area contributed by atoms with Crippen LogP contribution in [0.4, 0.5) is 10.1 Å². The van der Waals surface area contributed by atoms with E-state index in [-0.39, 0.29) is 18.5 Å². The number of hydrogen-bond donors (Lipinski definition) is 1. The molecule has 1 fully saturated rings. The van der Waals surface area contributed by atoms with E-state index < -0.39 is 56.5 Å². The number of anilines is 1. The Morgan fingerprint density at radius 2 is 2.00 bits per heavy atom. The maximum absolute atomic E-state index is 16.9. The third-order valence-electron chi connectivity index (χ3n) is 11.5. The second kappa shape index (κ2) is 14.1. The minimum Gasteiger partial charge on any atom is -0.490 e. The standard InChI is InChI=1S/C37H45ClFN7O5S/c1-23-9-13-29(39)34(36(48)43(3)19-32-40-22-41-44(32)4)45-16-6-8-33(45)46-20-37(15-5-7-25-17-27(38)11-12-28(25)37)21-51-31-14-10-26(18-30(31)46)35(47)42-52(49,50)24(23)2/h10-14,17-18,22-24,33-34H,5-9,15-16,19-21H2,1-4H3,(H,42,47)/b29-13-/t23-,24+,33+,34+,37-/m0/s1. The number of benzene rings is 2. The third-order valence-corrected chi connectivity index (χ3v) is 13.6. The molecule has 1 spiro atoms. The van der Waals surface area contributed by atoms with Crippen molar-refractivity contribution in [2.24, 2.45) is 13.0 Å². The van der Waals surface area contributed by atoms with Gasteiger partial charge in [0.05, 0.1) is 30.3 Å². The molecule has 1 aromatic heterocycles.